The van der Waals surface area contributed by atoms with Gasteiger partial charge >= 0.3 is 0 Å². The van der Waals surface area contributed by atoms with E-state index in [1.807, 2.05) is 24.3 Å². The van der Waals surface area contributed by atoms with Gasteiger partial charge in [0.15, 0.2) is 0 Å². The number of carbonyl (C=O) groups is 1. The Hall–Kier alpha value is -1.15. The Labute approximate surface area is 84.3 Å². The van der Waals surface area contributed by atoms with Crippen molar-refractivity contribution in [3.8, 4) is 0 Å². The maximum Gasteiger partial charge on any atom is 0.150 e. The molecule has 0 heterocycles. The van der Waals surface area contributed by atoms with E-state index in [-0.39, 0.29) is 0 Å². The van der Waals surface area contributed by atoms with Crippen LogP contribution in [0, 0.1) is 0 Å². The van der Waals surface area contributed by atoms with E-state index < -0.39 is 0 Å². The second kappa shape index (κ2) is 4.38. The standard InChI is InChI=1S/C12H15NO/c14-9-11-6-4-10(5-7-11)8-13-12-2-1-3-12/h4-7,9,12-13H,1-3,8H2. The van der Waals surface area contributed by atoms with E-state index in [0.29, 0.717) is 0 Å². The molecule has 0 saturated heterocycles. The highest BCUT2D eigenvalue weighted by Crippen LogP contribution is 2.18. The molecule has 0 atom stereocenters. The molecule has 0 radical (unpaired) electrons. The van der Waals surface area contributed by atoms with Crippen LogP contribution in [0.2, 0.25) is 0 Å². The fraction of sp³-hybridized carbons (Fsp3) is 0.417. The number of benzene rings is 1. The molecule has 0 unspecified atom stereocenters. The number of hydrogen-bond acceptors (Lipinski definition) is 2. The van der Waals surface area contributed by atoms with Gasteiger partial charge in [-0.2, -0.15) is 0 Å². The van der Waals surface area contributed by atoms with Gasteiger partial charge in [0.2, 0.25) is 0 Å². The van der Waals surface area contributed by atoms with E-state index >= 15 is 0 Å². The third-order valence-electron chi connectivity index (χ3n) is 2.82. The van der Waals surface area contributed by atoms with Crippen LogP contribution in [-0.4, -0.2) is 12.3 Å². The number of hydrogen-bond donors (Lipinski definition) is 1. The SMILES string of the molecule is O=Cc1ccc(CNC2CCC2)cc1. The minimum absolute atomic E-state index is 0.723. The normalized spacial score (nSPS) is 16.3. The molecule has 1 aliphatic rings. The van der Waals surface area contributed by atoms with Crippen molar-refractivity contribution in [2.75, 3.05) is 0 Å². The Kier molecular flexibility index (Phi) is 2.94. The van der Waals surface area contributed by atoms with Crippen LogP contribution < -0.4 is 5.32 Å². The first-order valence-electron chi connectivity index (χ1n) is 5.16. The molecule has 2 rings (SSSR count). The molecule has 0 amide bonds. The molecule has 1 aliphatic carbocycles. The molecule has 0 spiro atoms. The average molecular weight is 189 g/mol. The van der Waals surface area contributed by atoms with Crippen molar-refractivity contribution >= 4 is 6.29 Å². The van der Waals surface area contributed by atoms with Crippen LogP contribution in [0.15, 0.2) is 24.3 Å². The van der Waals surface area contributed by atoms with Crippen LogP contribution in [-0.2, 0) is 6.54 Å². The molecular weight excluding hydrogens is 174 g/mol. The van der Waals surface area contributed by atoms with Crippen molar-refractivity contribution in [1.29, 1.82) is 0 Å². The molecule has 0 aliphatic heterocycles. The fourth-order valence-electron chi connectivity index (χ4n) is 1.59. The lowest BCUT2D eigenvalue weighted by atomic mass is 9.93. The van der Waals surface area contributed by atoms with E-state index in [2.05, 4.69) is 5.32 Å². The Balaban J connectivity index is 1.85. The van der Waals surface area contributed by atoms with Gasteiger partial charge in [-0.05, 0) is 18.4 Å². The van der Waals surface area contributed by atoms with E-state index in [4.69, 9.17) is 0 Å². The first kappa shape index (κ1) is 9.41. The quantitative estimate of drug-likeness (QED) is 0.735. The molecule has 1 saturated carbocycles. The predicted molar refractivity (Wildman–Crippen MR) is 56.3 cm³/mol. The molecule has 1 aromatic carbocycles. The highest BCUT2D eigenvalue weighted by Gasteiger charge is 2.15. The molecule has 0 bridgehead atoms. The zero-order valence-corrected chi connectivity index (χ0v) is 8.20. The summed E-state index contributed by atoms with van der Waals surface area (Å²) in [7, 11) is 0. The molecule has 1 aromatic rings. The largest absolute Gasteiger partial charge is 0.310 e. The molecular formula is C12H15NO. The lowest BCUT2D eigenvalue weighted by molar-refractivity contribution is 0.112. The fourth-order valence-corrected chi connectivity index (χ4v) is 1.59. The summed E-state index contributed by atoms with van der Waals surface area (Å²) in [6.07, 6.45) is 4.86. The number of aldehydes is 1. The minimum atomic E-state index is 0.723. The Morgan fingerprint density at radius 2 is 2.00 bits per heavy atom. The Morgan fingerprint density at radius 1 is 1.29 bits per heavy atom. The summed E-state index contributed by atoms with van der Waals surface area (Å²) in [5.41, 5.74) is 2.00. The summed E-state index contributed by atoms with van der Waals surface area (Å²) in [5, 5.41) is 3.48. The van der Waals surface area contributed by atoms with Gasteiger partial charge in [0.1, 0.15) is 6.29 Å². The predicted octanol–water partition coefficient (Wildman–Crippen LogP) is 2.14. The third kappa shape index (κ3) is 2.20. The highest BCUT2D eigenvalue weighted by molar-refractivity contribution is 5.74. The van der Waals surface area contributed by atoms with E-state index in [9.17, 15) is 4.79 Å². The van der Waals surface area contributed by atoms with Gasteiger partial charge < -0.3 is 5.32 Å². The van der Waals surface area contributed by atoms with Crippen LogP contribution in [0.3, 0.4) is 0 Å². The zero-order valence-electron chi connectivity index (χ0n) is 8.20. The van der Waals surface area contributed by atoms with Gasteiger partial charge in [-0.15, -0.1) is 0 Å². The second-order valence-electron chi connectivity index (χ2n) is 3.87. The molecule has 74 valence electrons. The summed E-state index contributed by atoms with van der Waals surface area (Å²) < 4.78 is 0. The van der Waals surface area contributed by atoms with Crippen LogP contribution in [0.4, 0.5) is 0 Å². The average Bonchev–Trinajstić information content (AvgIpc) is 2.16. The van der Waals surface area contributed by atoms with Gasteiger partial charge in [-0.3, -0.25) is 4.79 Å². The third-order valence-corrected chi connectivity index (χ3v) is 2.82. The van der Waals surface area contributed by atoms with E-state index in [0.717, 1.165) is 24.4 Å². The summed E-state index contributed by atoms with van der Waals surface area (Å²) in [5.74, 6) is 0. The van der Waals surface area contributed by atoms with Crippen LogP contribution in [0.5, 0.6) is 0 Å². The van der Waals surface area contributed by atoms with Gasteiger partial charge in [-0.25, -0.2) is 0 Å². The molecule has 1 fully saturated rings. The van der Waals surface area contributed by atoms with Gasteiger partial charge in [-0.1, -0.05) is 30.7 Å². The second-order valence-corrected chi connectivity index (χ2v) is 3.87. The lowest BCUT2D eigenvalue weighted by Gasteiger charge is -2.26. The first-order chi connectivity index (χ1) is 6.88. The zero-order chi connectivity index (χ0) is 9.80. The molecule has 1 N–H and O–H groups in total. The monoisotopic (exact) mass is 189 g/mol. The van der Waals surface area contributed by atoms with Crippen LogP contribution >= 0.6 is 0 Å². The van der Waals surface area contributed by atoms with Gasteiger partial charge in [0.05, 0.1) is 0 Å². The lowest BCUT2D eigenvalue weighted by Crippen LogP contribution is -2.34. The van der Waals surface area contributed by atoms with Crippen molar-refractivity contribution < 1.29 is 4.79 Å². The summed E-state index contributed by atoms with van der Waals surface area (Å²) >= 11 is 0. The summed E-state index contributed by atoms with van der Waals surface area (Å²) in [6, 6.07) is 8.47. The highest BCUT2D eigenvalue weighted by atomic mass is 16.1. The molecule has 14 heavy (non-hydrogen) atoms. The molecule has 2 nitrogen and oxygen atoms in total. The maximum absolute atomic E-state index is 10.4. The van der Waals surface area contributed by atoms with Crippen molar-refractivity contribution in [3.05, 3.63) is 35.4 Å². The maximum atomic E-state index is 10.4. The summed E-state index contributed by atoms with van der Waals surface area (Å²) in [6.45, 7) is 0.920. The summed E-state index contributed by atoms with van der Waals surface area (Å²) in [4.78, 5) is 10.4. The van der Waals surface area contributed by atoms with Gasteiger partial charge in [0.25, 0.3) is 0 Å². The first-order valence-corrected chi connectivity index (χ1v) is 5.16. The van der Waals surface area contributed by atoms with Crippen LogP contribution in [0.25, 0.3) is 0 Å². The van der Waals surface area contributed by atoms with E-state index in [1.165, 1.54) is 24.8 Å². The van der Waals surface area contributed by atoms with E-state index in [1.54, 1.807) is 0 Å². The van der Waals surface area contributed by atoms with Crippen molar-refractivity contribution in [2.45, 2.75) is 31.8 Å². The number of nitrogens with one attached hydrogen (secondary N) is 1. The Morgan fingerprint density at radius 3 is 2.50 bits per heavy atom. The van der Waals surface area contributed by atoms with Crippen molar-refractivity contribution in [1.82, 2.24) is 5.32 Å². The smallest absolute Gasteiger partial charge is 0.150 e. The molecule has 2 heteroatoms. The number of carbonyl (C=O) groups excluding carboxylic acids is 1. The Bertz CT molecular complexity index is 301. The molecule has 0 aromatic heterocycles. The van der Waals surface area contributed by atoms with Gasteiger partial charge in [0, 0.05) is 18.2 Å². The number of rotatable bonds is 4. The van der Waals surface area contributed by atoms with Crippen molar-refractivity contribution in [2.24, 2.45) is 0 Å². The minimum Gasteiger partial charge on any atom is -0.310 e. The topological polar surface area (TPSA) is 29.1 Å². The van der Waals surface area contributed by atoms with Crippen molar-refractivity contribution in [3.63, 3.8) is 0 Å². The van der Waals surface area contributed by atoms with Crippen LogP contribution in [0.1, 0.15) is 35.2 Å².